The monoisotopic (exact) mass is 360 g/mol. The predicted molar refractivity (Wildman–Crippen MR) is 107 cm³/mol. The summed E-state index contributed by atoms with van der Waals surface area (Å²) in [5, 5.41) is 2.84. The molecule has 0 bridgehead atoms. The van der Waals surface area contributed by atoms with Crippen LogP contribution in [0.1, 0.15) is 49.3 Å². The topological polar surface area (TPSA) is 49.4 Å². The molecule has 0 saturated heterocycles. The molecule has 2 aromatic rings. The van der Waals surface area contributed by atoms with Crippen LogP contribution in [0.3, 0.4) is 0 Å². The summed E-state index contributed by atoms with van der Waals surface area (Å²) in [6.45, 7) is 2.88. The number of para-hydroxylation sites is 1. The van der Waals surface area contributed by atoms with E-state index in [-0.39, 0.29) is 18.2 Å². The molecule has 4 heteroatoms. The molecule has 2 aromatic carbocycles. The predicted octanol–water partition coefficient (Wildman–Crippen LogP) is 3.63. The average molecular weight is 360 g/mol. The molecule has 0 aliphatic carbocycles. The van der Waals surface area contributed by atoms with Crippen LogP contribution in [-0.4, -0.2) is 18.4 Å². The number of carbonyl (C=O) groups is 2. The van der Waals surface area contributed by atoms with Crippen molar-refractivity contribution in [1.82, 2.24) is 5.32 Å². The molecule has 0 unspecified atom stereocenters. The molecule has 0 saturated carbocycles. The maximum atomic E-state index is 13.0. The molecule has 1 aliphatic heterocycles. The standard InChI is InChI=1S/C23H24N2O2/c1-2-3-12-22(26)24-16-15-23(27)25-17-20-10-5-4-8-18(20)13-14-19-9-6-7-11-21(19)25/h4-11H,2-3,12,15-17H2,1H3,(H,24,26). The zero-order chi connectivity index (χ0) is 19.1. The summed E-state index contributed by atoms with van der Waals surface area (Å²) in [4.78, 5) is 26.5. The maximum absolute atomic E-state index is 13.0. The Morgan fingerprint density at radius 1 is 1.00 bits per heavy atom. The van der Waals surface area contributed by atoms with E-state index in [1.54, 1.807) is 4.90 Å². The van der Waals surface area contributed by atoms with Gasteiger partial charge in [0.2, 0.25) is 11.8 Å². The Balaban J connectivity index is 1.77. The molecule has 4 nitrogen and oxygen atoms in total. The van der Waals surface area contributed by atoms with Gasteiger partial charge in [0.25, 0.3) is 0 Å². The van der Waals surface area contributed by atoms with Crippen LogP contribution in [0.5, 0.6) is 0 Å². The zero-order valence-electron chi connectivity index (χ0n) is 15.6. The van der Waals surface area contributed by atoms with Gasteiger partial charge in [0.05, 0.1) is 12.2 Å². The summed E-state index contributed by atoms with van der Waals surface area (Å²) in [6, 6.07) is 15.6. The van der Waals surface area contributed by atoms with Crippen LogP contribution in [-0.2, 0) is 16.1 Å². The molecule has 0 fully saturated rings. The minimum absolute atomic E-state index is 0.00827. The van der Waals surface area contributed by atoms with Crippen molar-refractivity contribution in [3.05, 3.63) is 65.2 Å². The maximum Gasteiger partial charge on any atom is 0.229 e. The van der Waals surface area contributed by atoms with Gasteiger partial charge in [-0.15, -0.1) is 0 Å². The second-order valence-corrected chi connectivity index (χ2v) is 6.61. The second-order valence-electron chi connectivity index (χ2n) is 6.61. The van der Waals surface area contributed by atoms with Crippen LogP contribution in [0.2, 0.25) is 0 Å². The fourth-order valence-corrected chi connectivity index (χ4v) is 3.08. The van der Waals surface area contributed by atoms with Crippen molar-refractivity contribution in [1.29, 1.82) is 0 Å². The number of nitrogens with one attached hydrogen (secondary N) is 1. The first kappa shape index (κ1) is 18.7. The third-order valence-electron chi connectivity index (χ3n) is 4.59. The van der Waals surface area contributed by atoms with Crippen molar-refractivity contribution in [2.45, 2.75) is 39.2 Å². The summed E-state index contributed by atoms with van der Waals surface area (Å²) >= 11 is 0. The van der Waals surface area contributed by atoms with Crippen LogP contribution in [0.4, 0.5) is 5.69 Å². The number of unbranched alkanes of at least 4 members (excludes halogenated alkanes) is 1. The van der Waals surface area contributed by atoms with Gasteiger partial charge < -0.3 is 10.2 Å². The number of carbonyl (C=O) groups excluding carboxylic acids is 2. The number of fused-ring (bicyclic) bond motifs is 2. The van der Waals surface area contributed by atoms with Crippen molar-refractivity contribution in [2.75, 3.05) is 11.4 Å². The van der Waals surface area contributed by atoms with Crippen LogP contribution < -0.4 is 10.2 Å². The van der Waals surface area contributed by atoms with E-state index in [0.29, 0.717) is 19.5 Å². The van der Waals surface area contributed by atoms with Crippen molar-refractivity contribution in [3.8, 4) is 11.8 Å². The third kappa shape index (κ3) is 4.77. The molecule has 1 N–H and O–H groups in total. The summed E-state index contributed by atoms with van der Waals surface area (Å²) in [5.41, 5.74) is 3.63. The van der Waals surface area contributed by atoms with Crippen molar-refractivity contribution in [2.24, 2.45) is 0 Å². The normalized spacial score (nSPS) is 12.0. The second kappa shape index (κ2) is 9.05. The Kier molecular flexibility index (Phi) is 6.27. The van der Waals surface area contributed by atoms with E-state index in [0.717, 1.165) is 35.2 Å². The summed E-state index contributed by atoms with van der Waals surface area (Å²) in [7, 11) is 0. The van der Waals surface area contributed by atoms with E-state index in [1.807, 2.05) is 48.5 Å². The van der Waals surface area contributed by atoms with E-state index >= 15 is 0 Å². The molecular weight excluding hydrogens is 336 g/mol. The molecule has 138 valence electrons. The van der Waals surface area contributed by atoms with Crippen molar-refractivity contribution in [3.63, 3.8) is 0 Å². The Labute approximate surface area is 160 Å². The fourth-order valence-electron chi connectivity index (χ4n) is 3.08. The lowest BCUT2D eigenvalue weighted by molar-refractivity contribution is -0.121. The van der Waals surface area contributed by atoms with Crippen LogP contribution in [0, 0.1) is 11.8 Å². The van der Waals surface area contributed by atoms with Gasteiger partial charge in [0, 0.05) is 30.5 Å². The Bertz CT molecular complexity index is 892. The number of amides is 2. The van der Waals surface area contributed by atoms with E-state index < -0.39 is 0 Å². The highest BCUT2D eigenvalue weighted by Crippen LogP contribution is 2.25. The van der Waals surface area contributed by atoms with Gasteiger partial charge >= 0.3 is 0 Å². The van der Waals surface area contributed by atoms with Crippen molar-refractivity contribution >= 4 is 17.5 Å². The number of hydrogen-bond donors (Lipinski definition) is 1. The molecule has 0 atom stereocenters. The van der Waals surface area contributed by atoms with E-state index in [2.05, 4.69) is 24.1 Å². The first-order valence-corrected chi connectivity index (χ1v) is 9.45. The summed E-state index contributed by atoms with van der Waals surface area (Å²) in [6.07, 6.45) is 2.63. The van der Waals surface area contributed by atoms with Crippen LogP contribution in [0.15, 0.2) is 48.5 Å². The minimum atomic E-state index is -0.0169. The molecule has 27 heavy (non-hydrogen) atoms. The molecule has 0 radical (unpaired) electrons. The Morgan fingerprint density at radius 3 is 2.52 bits per heavy atom. The Morgan fingerprint density at radius 2 is 1.70 bits per heavy atom. The molecule has 1 aliphatic rings. The Hall–Kier alpha value is -3.06. The highest BCUT2D eigenvalue weighted by atomic mass is 16.2. The minimum Gasteiger partial charge on any atom is -0.356 e. The highest BCUT2D eigenvalue weighted by Gasteiger charge is 2.20. The fraction of sp³-hybridized carbons (Fsp3) is 0.304. The van der Waals surface area contributed by atoms with Gasteiger partial charge in [-0.3, -0.25) is 9.59 Å². The molecule has 2 amide bonds. The van der Waals surface area contributed by atoms with Gasteiger partial charge in [0.1, 0.15) is 0 Å². The number of benzene rings is 2. The van der Waals surface area contributed by atoms with Crippen LogP contribution in [0.25, 0.3) is 0 Å². The van der Waals surface area contributed by atoms with E-state index in [4.69, 9.17) is 0 Å². The largest absolute Gasteiger partial charge is 0.356 e. The molecular formula is C23H24N2O2. The molecule has 0 spiro atoms. The lowest BCUT2D eigenvalue weighted by Crippen LogP contribution is -2.35. The summed E-state index contributed by atoms with van der Waals surface area (Å²) < 4.78 is 0. The van der Waals surface area contributed by atoms with E-state index in [9.17, 15) is 9.59 Å². The number of rotatable bonds is 6. The quantitative estimate of drug-likeness (QED) is 0.800. The molecule has 3 rings (SSSR count). The summed E-state index contributed by atoms with van der Waals surface area (Å²) in [5.74, 6) is 6.39. The number of anilines is 1. The lowest BCUT2D eigenvalue weighted by atomic mass is 10.0. The molecule has 0 aromatic heterocycles. The van der Waals surface area contributed by atoms with Gasteiger partial charge in [-0.25, -0.2) is 0 Å². The average Bonchev–Trinajstić information content (AvgIpc) is 2.68. The van der Waals surface area contributed by atoms with Gasteiger partial charge in [0.15, 0.2) is 0 Å². The van der Waals surface area contributed by atoms with Crippen molar-refractivity contribution < 1.29 is 9.59 Å². The smallest absolute Gasteiger partial charge is 0.229 e. The molecule has 1 heterocycles. The SMILES string of the molecule is CCCCC(=O)NCCC(=O)N1Cc2ccccc2C#Cc2ccccc21. The van der Waals surface area contributed by atoms with E-state index in [1.165, 1.54) is 0 Å². The first-order valence-electron chi connectivity index (χ1n) is 9.45. The third-order valence-corrected chi connectivity index (χ3v) is 4.59. The number of hydrogen-bond acceptors (Lipinski definition) is 2. The zero-order valence-corrected chi connectivity index (χ0v) is 15.6. The van der Waals surface area contributed by atoms with Gasteiger partial charge in [-0.2, -0.15) is 0 Å². The van der Waals surface area contributed by atoms with Gasteiger partial charge in [-0.1, -0.05) is 55.5 Å². The van der Waals surface area contributed by atoms with Gasteiger partial charge in [-0.05, 0) is 30.2 Å². The number of nitrogens with zero attached hydrogens (tertiary/aromatic N) is 1. The highest BCUT2D eigenvalue weighted by molar-refractivity contribution is 5.95. The lowest BCUT2D eigenvalue weighted by Gasteiger charge is -2.26. The first-order chi connectivity index (χ1) is 13.2. The van der Waals surface area contributed by atoms with Crippen LogP contribution >= 0.6 is 0 Å².